The van der Waals surface area contributed by atoms with Gasteiger partial charge in [0.2, 0.25) is 0 Å². The summed E-state index contributed by atoms with van der Waals surface area (Å²) < 4.78 is 20.6. The number of aryl methyl sites for hydroxylation is 1. The van der Waals surface area contributed by atoms with Crippen molar-refractivity contribution < 1.29 is 13.9 Å². The molecule has 0 spiro atoms. The number of carbonyl (C=O) groups excluding carboxylic acids is 1. The van der Waals surface area contributed by atoms with Gasteiger partial charge in [-0.15, -0.1) is 0 Å². The Kier molecular flexibility index (Phi) is 4.29. The number of nitrogens with one attached hydrogen (secondary N) is 1. The van der Waals surface area contributed by atoms with E-state index in [1.54, 1.807) is 23.0 Å². The number of hydrogen-bond donors (Lipinski definition) is 1. The van der Waals surface area contributed by atoms with Crippen LogP contribution >= 0.6 is 0 Å². The minimum atomic E-state index is -0.536. The average Bonchev–Trinajstić information content (AvgIpc) is 3.03. The molecule has 0 saturated carbocycles. The number of ether oxygens (including phenoxy) is 1. The predicted molar refractivity (Wildman–Crippen MR) is 89.2 cm³/mol. The molecule has 24 heavy (non-hydrogen) atoms. The van der Waals surface area contributed by atoms with Crippen LogP contribution in [0, 0.1) is 12.7 Å². The van der Waals surface area contributed by atoms with E-state index in [4.69, 9.17) is 4.74 Å². The van der Waals surface area contributed by atoms with E-state index >= 15 is 0 Å². The van der Waals surface area contributed by atoms with E-state index in [0.717, 1.165) is 11.3 Å². The van der Waals surface area contributed by atoms with Crippen LogP contribution in [0.3, 0.4) is 0 Å². The van der Waals surface area contributed by atoms with Gasteiger partial charge in [-0.3, -0.25) is 4.79 Å². The van der Waals surface area contributed by atoms with Crippen molar-refractivity contribution in [1.82, 2.24) is 9.78 Å². The Bertz CT molecular complexity index is 875. The van der Waals surface area contributed by atoms with E-state index in [-0.39, 0.29) is 11.4 Å². The topological polar surface area (TPSA) is 56.2 Å². The van der Waals surface area contributed by atoms with E-state index in [1.165, 1.54) is 13.2 Å². The molecule has 1 heterocycles. The monoisotopic (exact) mass is 325 g/mol. The molecule has 0 aliphatic heterocycles. The second-order valence-electron chi connectivity index (χ2n) is 5.26. The van der Waals surface area contributed by atoms with Crippen LogP contribution in [0.5, 0.6) is 5.75 Å². The molecule has 0 fully saturated rings. The molecule has 3 rings (SSSR count). The van der Waals surface area contributed by atoms with Crippen molar-refractivity contribution in [3.8, 4) is 11.4 Å². The first kappa shape index (κ1) is 15.7. The number of aromatic nitrogens is 2. The Labute approximate surface area is 138 Å². The molecule has 1 N–H and O–H groups in total. The van der Waals surface area contributed by atoms with Gasteiger partial charge in [-0.1, -0.05) is 24.3 Å². The lowest BCUT2D eigenvalue weighted by molar-refractivity contribution is 0.101. The second kappa shape index (κ2) is 6.54. The minimum absolute atomic E-state index is 0.0854. The van der Waals surface area contributed by atoms with Crippen LogP contribution < -0.4 is 10.1 Å². The summed E-state index contributed by atoms with van der Waals surface area (Å²) >= 11 is 0. The van der Waals surface area contributed by atoms with Gasteiger partial charge in [-0.2, -0.15) is 5.10 Å². The van der Waals surface area contributed by atoms with E-state index in [0.29, 0.717) is 5.75 Å². The van der Waals surface area contributed by atoms with Gasteiger partial charge in [-0.05, 0) is 36.8 Å². The minimum Gasteiger partial charge on any atom is -0.493 e. The zero-order valence-electron chi connectivity index (χ0n) is 13.3. The number of para-hydroxylation sites is 1. The third-order valence-corrected chi connectivity index (χ3v) is 3.51. The summed E-state index contributed by atoms with van der Waals surface area (Å²) in [6.07, 6.45) is 1.61. The lowest BCUT2D eigenvalue weighted by Crippen LogP contribution is -2.15. The summed E-state index contributed by atoms with van der Waals surface area (Å²) in [6, 6.07) is 13.8. The highest BCUT2D eigenvalue weighted by molar-refractivity contribution is 6.04. The number of halogens is 1. The molecule has 5 nitrogen and oxygen atoms in total. The largest absolute Gasteiger partial charge is 0.493 e. The number of carbonyl (C=O) groups is 1. The molecule has 1 amide bonds. The van der Waals surface area contributed by atoms with Crippen LogP contribution in [0.1, 0.15) is 16.1 Å². The SMILES string of the molecule is COc1cn(-c2ccccc2)nc1C(=O)Nc1cc(C)ccc1F. The predicted octanol–water partition coefficient (Wildman–Crippen LogP) is 3.58. The van der Waals surface area contributed by atoms with Crippen LogP contribution in [0.2, 0.25) is 0 Å². The molecule has 0 aliphatic carbocycles. The summed E-state index contributed by atoms with van der Waals surface area (Å²) in [5.74, 6) is -0.731. The van der Waals surface area contributed by atoms with E-state index in [1.807, 2.05) is 37.3 Å². The lowest BCUT2D eigenvalue weighted by Gasteiger charge is -2.06. The smallest absolute Gasteiger partial charge is 0.280 e. The Balaban J connectivity index is 1.92. The molecular formula is C18H16FN3O2. The summed E-state index contributed by atoms with van der Waals surface area (Å²) in [6.45, 7) is 1.82. The molecule has 122 valence electrons. The number of anilines is 1. The zero-order chi connectivity index (χ0) is 17.1. The van der Waals surface area contributed by atoms with Crippen molar-refractivity contribution in [3.05, 3.63) is 71.8 Å². The fourth-order valence-electron chi connectivity index (χ4n) is 2.29. The molecule has 2 aromatic carbocycles. The normalized spacial score (nSPS) is 10.5. The Hall–Kier alpha value is -3.15. The van der Waals surface area contributed by atoms with E-state index < -0.39 is 11.7 Å². The van der Waals surface area contributed by atoms with Gasteiger partial charge in [0, 0.05) is 0 Å². The molecule has 0 aliphatic rings. The number of benzene rings is 2. The van der Waals surface area contributed by atoms with Gasteiger partial charge in [-0.25, -0.2) is 9.07 Å². The lowest BCUT2D eigenvalue weighted by atomic mass is 10.2. The van der Waals surface area contributed by atoms with Gasteiger partial charge >= 0.3 is 0 Å². The van der Waals surface area contributed by atoms with Gasteiger partial charge in [0.05, 0.1) is 24.7 Å². The molecule has 0 radical (unpaired) electrons. The molecule has 0 saturated heterocycles. The molecule has 6 heteroatoms. The Morgan fingerprint density at radius 3 is 2.67 bits per heavy atom. The first-order valence-corrected chi connectivity index (χ1v) is 7.35. The van der Waals surface area contributed by atoms with Crippen LogP contribution in [0.15, 0.2) is 54.7 Å². The van der Waals surface area contributed by atoms with Crippen molar-refractivity contribution >= 4 is 11.6 Å². The quantitative estimate of drug-likeness (QED) is 0.797. The van der Waals surface area contributed by atoms with Gasteiger partial charge in [0.1, 0.15) is 5.82 Å². The molecule has 0 atom stereocenters. The fourth-order valence-corrected chi connectivity index (χ4v) is 2.29. The summed E-state index contributed by atoms with van der Waals surface area (Å²) in [4.78, 5) is 12.5. The van der Waals surface area contributed by atoms with Crippen molar-refractivity contribution in [2.45, 2.75) is 6.92 Å². The standard InChI is InChI=1S/C18H16FN3O2/c1-12-8-9-14(19)15(10-12)20-18(23)17-16(24-2)11-22(21-17)13-6-4-3-5-7-13/h3-11H,1-2H3,(H,20,23). The Morgan fingerprint density at radius 2 is 1.96 bits per heavy atom. The van der Waals surface area contributed by atoms with Crippen molar-refractivity contribution in [2.75, 3.05) is 12.4 Å². The van der Waals surface area contributed by atoms with Crippen LogP contribution in [0.4, 0.5) is 10.1 Å². The maximum absolute atomic E-state index is 13.8. The van der Waals surface area contributed by atoms with Crippen molar-refractivity contribution in [3.63, 3.8) is 0 Å². The number of hydrogen-bond acceptors (Lipinski definition) is 3. The second-order valence-corrected chi connectivity index (χ2v) is 5.26. The highest BCUT2D eigenvalue weighted by Gasteiger charge is 2.19. The maximum Gasteiger partial charge on any atom is 0.280 e. The number of amides is 1. The number of rotatable bonds is 4. The van der Waals surface area contributed by atoms with Crippen molar-refractivity contribution in [1.29, 1.82) is 0 Å². The maximum atomic E-state index is 13.8. The summed E-state index contributed by atoms with van der Waals surface area (Å²) in [5, 5.41) is 6.79. The molecule has 1 aromatic heterocycles. The molecule has 0 unspecified atom stereocenters. The third kappa shape index (κ3) is 3.12. The first-order valence-electron chi connectivity index (χ1n) is 7.35. The molecular weight excluding hydrogens is 309 g/mol. The van der Waals surface area contributed by atoms with Crippen LogP contribution in [-0.2, 0) is 0 Å². The molecule has 0 bridgehead atoms. The van der Waals surface area contributed by atoms with Gasteiger partial charge in [0.25, 0.3) is 5.91 Å². The average molecular weight is 325 g/mol. The van der Waals surface area contributed by atoms with Crippen molar-refractivity contribution in [2.24, 2.45) is 0 Å². The Morgan fingerprint density at radius 1 is 1.21 bits per heavy atom. The highest BCUT2D eigenvalue weighted by Crippen LogP contribution is 2.22. The molecule has 3 aromatic rings. The van der Waals surface area contributed by atoms with E-state index in [9.17, 15) is 9.18 Å². The fraction of sp³-hybridized carbons (Fsp3) is 0.111. The van der Waals surface area contributed by atoms with Gasteiger partial charge in [0.15, 0.2) is 11.4 Å². The van der Waals surface area contributed by atoms with Gasteiger partial charge < -0.3 is 10.1 Å². The first-order chi connectivity index (χ1) is 11.6. The van der Waals surface area contributed by atoms with E-state index in [2.05, 4.69) is 10.4 Å². The van der Waals surface area contributed by atoms with Crippen LogP contribution in [0.25, 0.3) is 5.69 Å². The highest BCUT2D eigenvalue weighted by atomic mass is 19.1. The number of nitrogens with zero attached hydrogens (tertiary/aromatic N) is 2. The van der Waals surface area contributed by atoms with Crippen LogP contribution in [-0.4, -0.2) is 22.8 Å². The summed E-state index contributed by atoms with van der Waals surface area (Å²) in [7, 11) is 1.45. The number of methoxy groups -OCH3 is 1. The summed E-state index contributed by atoms with van der Waals surface area (Å²) in [5.41, 5.74) is 1.82. The zero-order valence-corrected chi connectivity index (χ0v) is 13.3. The third-order valence-electron chi connectivity index (χ3n) is 3.51.